The van der Waals surface area contributed by atoms with Crippen molar-refractivity contribution in [3.8, 4) is 17.2 Å². The topological polar surface area (TPSA) is 26.3 Å². The molecular weight excluding hydrogens is 468 g/mol. The molecule has 0 N–H and O–H groups in total. The SMILES string of the molecule is C[Si](C)(C)C#CCCCC(=O)Oc1ccc(C(c2ccccc2)(c2ccccc2)c2ccccc2)cc1. The largest absolute Gasteiger partial charge is 0.427 e. The van der Waals surface area contributed by atoms with Crippen LogP contribution in [-0.4, -0.2) is 14.0 Å². The lowest BCUT2D eigenvalue weighted by molar-refractivity contribution is -0.134. The number of benzene rings is 4. The van der Waals surface area contributed by atoms with E-state index in [0.29, 0.717) is 18.6 Å². The lowest BCUT2D eigenvalue weighted by Gasteiger charge is -2.36. The number of unbranched alkanes of at least 4 members (excludes halogenated alkanes) is 1. The fourth-order valence-electron chi connectivity index (χ4n) is 4.67. The summed E-state index contributed by atoms with van der Waals surface area (Å²) in [4.78, 5) is 12.5. The molecule has 0 radical (unpaired) electrons. The summed E-state index contributed by atoms with van der Waals surface area (Å²) < 4.78 is 5.67. The number of esters is 1. The molecule has 0 unspecified atom stereocenters. The minimum absolute atomic E-state index is 0.219. The molecule has 0 heterocycles. The van der Waals surface area contributed by atoms with Crippen molar-refractivity contribution in [3.63, 3.8) is 0 Å². The van der Waals surface area contributed by atoms with Crippen LogP contribution >= 0.6 is 0 Å². The molecular formula is C34H34O2Si. The molecule has 0 aliphatic rings. The van der Waals surface area contributed by atoms with Gasteiger partial charge in [-0.2, -0.15) is 0 Å². The molecule has 3 heteroatoms. The monoisotopic (exact) mass is 502 g/mol. The summed E-state index contributed by atoms with van der Waals surface area (Å²) >= 11 is 0. The second kappa shape index (κ2) is 11.9. The number of rotatable bonds is 8. The van der Waals surface area contributed by atoms with Crippen LogP contribution in [0.4, 0.5) is 0 Å². The van der Waals surface area contributed by atoms with Gasteiger partial charge in [0.25, 0.3) is 0 Å². The molecule has 0 fully saturated rings. The first-order valence-electron chi connectivity index (χ1n) is 12.9. The average molecular weight is 503 g/mol. The predicted molar refractivity (Wildman–Crippen MR) is 155 cm³/mol. The van der Waals surface area contributed by atoms with Gasteiger partial charge in [-0.3, -0.25) is 4.79 Å². The smallest absolute Gasteiger partial charge is 0.311 e. The van der Waals surface area contributed by atoms with E-state index in [0.717, 1.165) is 12.0 Å². The summed E-state index contributed by atoms with van der Waals surface area (Å²) in [6.45, 7) is 6.67. The highest BCUT2D eigenvalue weighted by atomic mass is 28.3. The molecule has 0 atom stereocenters. The van der Waals surface area contributed by atoms with Crippen molar-refractivity contribution < 1.29 is 9.53 Å². The van der Waals surface area contributed by atoms with Gasteiger partial charge in [0.1, 0.15) is 13.8 Å². The van der Waals surface area contributed by atoms with Crippen molar-refractivity contribution in [3.05, 3.63) is 138 Å². The maximum absolute atomic E-state index is 12.5. The van der Waals surface area contributed by atoms with Crippen molar-refractivity contribution >= 4 is 14.0 Å². The Balaban J connectivity index is 1.64. The van der Waals surface area contributed by atoms with Crippen molar-refractivity contribution in [2.45, 2.75) is 44.3 Å². The Bertz CT molecular complexity index is 1250. The predicted octanol–water partition coefficient (Wildman–Crippen LogP) is 8.03. The van der Waals surface area contributed by atoms with Crippen LogP contribution in [0, 0.1) is 11.5 Å². The van der Waals surface area contributed by atoms with E-state index in [1.54, 1.807) is 0 Å². The molecule has 0 aromatic heterocycles. The number of hydrogen-bond acceptors (Lipinski definition) is 2. The molecule has 0 saturated carbocycles. The molecule has 0 aliphatic heterocycles. The van der Waals surface area contributed by atoms with Crippen LogP contribution in [0.1, 0.15) is 41.5 Å². The van der Waals surface area contributed by atoms with E-state index in [-0.39, 0.29) is 5.97 Å². The Labute approximate surface area is 222 Å². The van der Waals surface area contributed by atoms with E-state index in [1.807, 2.05) is 30.3 Å². The van der Waals surface area contributed by atoms with Crippen LogP contribution in [0.25, 0.3) is 0 Å². The lowest BCUT2D eigenvalue weighted by atomic mass is 9.65. The van der Waals surface area contributed by atoms with Gasteiger partial charge in [0.2, 0.25) is 0 Å². The standard InChI is InChI=1S/C34H34O2Si/c1-37(2,3)27-15-7-14-22-33(35)36-32-25-23-31(24-26-32)34(28-16-8-4-9-17-28,29-18-10-5-11-19-29)30-20-12-6-13-21-30/h4-6,8-13,16-21,23-26H,7,14,22H2,1-3H3. The van der Waals surface area contributed by atoms with E-state index < -0.39 is 13.5 Å². The number of carbonyl (C=O) groups excluding carboxylic acids is 1. The molecule has 4 rings (SSSR count). The van der Waals surface area contributed by atoms with Crippen LogP contribution < -0.4 is 4.74 Å². The van der Waals surface area contributed by atoms with Crippen LogP contribution in [0.15, 0.2) is 115 Å². The summed E-state index contributed by atoms with van der Waals surface area (Å²) in [5.41, 5.74) is 7.47. The fraction of sp³-hybridized carbons (Fsp3) is 0.206. The zero-order valence-electron chi connectivity index (χ0n) is 21.9. The first kappa shape index (κ1) is 26.2. The molecule has 0 amide bonds. The fourth-order valence-corrected chi connectivity index (χ4v) is 5.32. The van der Waals surface area contributed by atoms with E-state index >= 15 is 0 Å². The van der Waals surface area contributed by atoms with Crippen LogP contribution in [0.3, 0.4) is 0 Å². The van der Waals surface area contributed by atoms with Crippen LogP contribution in [0.2, 0.25) is 19.6 Å². The third-order valence-corrected chi connectivity index (χ3v) is 7.21. The van der Waals surface area contributed by atoms with Gasteiger partial charge in [0.05, 0.1) is 5.41 Å². The zero-order valence-corrected chi connectivity index (χ0v) is 22.9. The highest BCUT2D eigenvalue weighted by molar-refractivity contribution is 6.83. The van der Waals surface area contributed by atoms with Gasteiger partial charge in [0.15, 0.2) is 0 Å². The Kier molecular flexibility index (Phi) is 8.43. The van der Waals surface area contributed by atoms with E-state index in [9.17, 15) is 4.79 Å². The van der Waals surface area contributed by atoms with E-state index in [2.05, 4.69) is 116 Å². The molecule has 186 valence electrons. The lowest BCUT2D eigenvalue weighted by Crippen LogP contribution is -2.30. The molecule has 4 aromatic carbocycles. The van der Waals surface area contributed by atoms with Gasteiger partial charge in [-0.05, 0) is 40.8 Å². The maximum Gasteiger partial charge on any atom is 0.311 e. The first-order valence-corrected chi connectivity index (χ1v) is 16.4. The molecule has 0 bridgehead atoms. The molecule has 4 aromatic rings. The van der Waals surface area contributed by atoms with Gasteiger partial charge in [-0.1, -0.05) is 123 Å². The van der Waals surface area contributed by atoms with Crippen molar-refractivity contribution in [1.82, 2.24) is 0 Å². The van der Waals surface area contributed by atoms with Crippen molar-refractivity contribution in [1.29, 1.82) is 0 Å². The second-order valence-electron chi connectivity index (χ2n) is 10.3. The molecule has 0 aliphatic carbocycles. The number of ether oxygens (including phenoxy) is 1. The van der Waals surface area contributed by atoms with E-state index in [4.69, 9.17) is 4.74 Å². The summed E-state index contributed by atoms with van der Waals surface area (Å²) in [5.74, 6) is 3.56. The van der Waals surface area contributed by atoms with Gasteiger partial charge in [0, 0.05) is 12.8 Å². The number of carbonyl (C=O) groups is 1. The van der Waals surface area contributed by atoms with Gasteiger partial charge in [-0.25, -0.2) is 0 Å². The molecule has 37 heavy (non-hydrogen) atoms. The molecule has 0 spiro atoms. The minimum Gasteiger partial charge on any atom is -0.427 e. The highest BCUT2D eigenvalue weighted by Gasteiger charge is 2.38. The van der Waals surface area contributed by atoms with Crippen molar-refractivity contribution in [2.75, 3.05) is 0 Å². The second-order valence-corrected chi connectivity index (χ2v) is 15.0. The Morgan fingerprint density at radius 2 is 1.11 bits per heavy atom. The zero-order chi connectivity index (χ0) is 26.1. The Morgan fingerprint density at radius 1 is 0.676 bits per heavy atom. The quantitative estimate of drug-likeness (QED) is 0.0609. The molecule has 0 saturated heterocycles. The Morgan fingerprint density at radius 3 is 1.54 bits per heavy atom. The third-order valence-electron chi connectivity index (χ3n) is 6.29. The van der Waals surface area contributed by atoms with Crippen molar-refractivity contribution in [2.24, 2.45) is 0 Å². The first-order chi connectivity index (χ1) is 17.9. The van der Waals surface area contributed by atoms with Gasteiger partial charge >= 0.3 is 5.97 Å². The summed E-state index contributed by atoms with van der Waals surface area (Å²) in [7, 11) is -1.37. The van der Waals surface area contributed by atoms with Gasteiger partial charge < -0.3 is 4.74 Å². The third kappa shape index (κ3) is 6.47. The number of hydrogen-bond donors (Lipinski definition) is 0. The highest BCUT2D eigenvalue weighted by Crippen LogP contribution is 2.45. The maximum atomic E-state index is 12.5. The average Bonchev–Trinajstić information content (AvgIpc) is 2.91. The normalized spacial score (nSPS) is 11.3. The Hall–Kier alpha value is -3.87. The van der Waals surface area contributed by atoms with E-state index in [1.165, 1.54) is 16.7 Å². The summed E-state index contributed by atoms with van der Waals surface area (Å²) in [6.07, 6.45) is 1.81. The van der Waals surface area contributed by atoms with Gasteiger partial charge in [-0.15, -0.1) is 11.5 Å². The summed E-state index contributed by atoms with van der Waals surface area (Å²) in [5, 5.41) is 0. The minimum atomic E-state index is -1.37. The summed E-state index contributed by atoms with van der Waals surface area (Å²) in [6, 6.07) is 39.7. The van der Waals surface area contributed by atoms with Crippen LogP contribution in [0.5, 0.6) is 5.75 Å². The van der Waals surface area contributed by atoms with Crippen LogP contribution in [-0.2, 0) is 10.2 Å². The molecule has 2 nitrogen and oxygen atoms in total.